The Bertz CT molecular complexity index is 423. The molecule has 0 amide bonds. The van der Waals surface area contributed by atoms with Crippen LogP contribution in [0.5, 0.6) is 0 Å². The number of nitrogens with two attached hydrogens (primary N) is 1. The van der Waals surface area contributed by atoms with Gasteiger partial charge in [-0.3, -0.25) is 9.89 Å². The van der Waals surface area contributed by atoms with Crippen molar-refractivity contribution < 1.29 is 0 Å². The Morgan fingerprint density at radius 3 is 3.00 bits per heavy atom. The molecule has 0 fully saturated rings. The average molecular weight is 280 g/mol. The van der Waals surface area contributed by atoms with E-state index in [2.05, 4.69) is 40.1 Å². The lowest BCUT2D eigenvalue weighted by Gasteiger charge is -2.26. The fourth-order valence-corrected chi connectivity index (χ4v) is 3.34. The monoisotopic (exact) mass is 280 g/mol. The van der Waals surface area contributed by atoms with Crippen molar-refractivity contribution in [3.8, 4) is 0 Å². The maximum absolute atomic E-state index is 5.97. The van der Waals surface area contributed by atoms with Crippen LogP contribution in [-0.4, -0.2) is 48.5 Å². The van der Waals surface area contributed by atoms with Crippen molar-refractivity contribution >= 4 is 17.3 Å². The molecule has 0 spiro atoms. The van der Waals surface area contributed by atoms with Gasteiger partial charge in [0.1, 0.15) is 0 Å². The molecule has 2 N–H and O–H groups in total. The van der Waals surface area contributed by atoms with Gasteiger partial charge in [0.05, 0.1) is 6.54 Å². The second kappa shape index (κ2) is 6.91. The zero-order valence-corrected chi connectivity index (χ0v) is 12.7. The first-order valence-corrected chi connectivity index (χ1v) is 7.95. The SMILES string of the molecule is CCN(CC)C(N)=NCCN1CCc2sccc2C1. The standard InChI is InChI=1S/C14H24N4S/c1-3-18(4-2)14(15)16-7-9-17-8-5-13-12(11-17)6-10-19-13/h6,10H,3-5,7-9,11H2,1-2H3,(H2,15,16). The Balaban J connectivity index is 1.79. The lowest BCUT2D eigenvalue weighted by atomic mass is 10.1. The van der Waals surface area contributed by atoms with Crippen LogP contribution in [-0.2, 0) is 13.0 Å². The number of hydrogen-bond acceptors (Lipinski definition) is 3. The van der Waals surface area contributed by atoms with Crippen LogP contribution in [0.25, 0.3) is 0 Å². The van der Waals surface area contributed by atoms with Gasteiger partial charge < -0.3 is 10.6 Å². The zero-order chi connectivity index (χ0) is 13.7. The zero-order valence-electron chi connectivity index (χ0n) is 11.9. The van der Waals surface area contributed by atoms with Crippen LogP contribution in [0.4, 0.5) is 0 Å². The van der Waals surface area contributed by atoms with E-state index in [1.54, 1.807) is 4.88 Å². The molecule has 0 radical (unpaired) electrons. The van der Waals surface area contributed by atoms with Crippen LogP contribution in [0.3, 0.4) is 0 Å². The summed E-state index contributed by atoms with van der Waals surface area (Å²) >= 11 is 1.89. The van der Waals surface area contributed by atoms with Crippen LogP contribution >= 0.6 is 11.3 Å². The van der Waals surface area contributed by atoms with Gasteiger partial charge in [0, 0.05) is 37.6 Å². The van der Waals surface area contributed by atoms with Crippen LogP contribution < -0.4 is 5.73 Å². The number of rotatable bonds is 5. The molecule has 0 saturated heterocycles. The lowest BCUT2D eigenvalue weighted by molar-refractivity contribution is 0.263. The molecular formula is C14H24N4S. The van der Waals surface area contributed by atoms with Crippen molar-refractivity contribution in [1.29, 1.82) is 0 Å². The van der Waals surface area contributed by atoms with Gasteiger partial charge in [0.15, 0.2) is 5.96 Å². The summed E-state index contributed by atoms with van der Waals surface area (Å²) in [6.45, 7) is 10.1. The van der Waals surface area contributed by atoms with Crippen molar-refractivity contribution in [3.05, 3.63) is 21.9 Å². The van der Waals surface area contributed by atoms with Gasteiger partial charge in [0.25, 0.3) is 0 Å². The van der Waals surface area contributed by atoms with Gasteiger partial charge in [-0.2, -0.15) is 0 Å². The Kier molecular flexibility index (Phi) is 5.22. The summed E-state index contributed by atoms with van der Waals surface area (Å²) in [6.07, 6.45) is 1.18. The molecule has 1 aliphatic rings. The molecule has 106 valence electrons. The van der Waals surface area contributed by atoms with E-state index in [-0.39, 0.29) is 0 Å². The number of hydrogen-bond donors (Lipinski definition) is 1. The summed E-state index contributed by atoms with van der Waals surface area (Å²) in [4.78, 5) is 10.6. The fraction of sp³-hybridized carbons (Fsp3) is 0.643. The Labute approximate surface area is 119 Å². The summed E-state index contributed by atoms with van der Waals surface area (Å²) in [5, 5.41) is 2.20. The summed E-state index contributed by atoms with van der Waals surface area (Å²) in [7, 11) is 0. The minimum atomic E-state index is 0.679. The predicted octanol–water partition coefficient (Wildman–Crippen LogP) is 1.76. The third kappa shape index (κ3) is 3.70. The fourth-order valence-electron chi connectivity index (χ4n) is 2.45. The van der Waals surface area contributed by atoms with E-state index < -0.39 is 0 Å². The van der Waals surface area contributed by atoms with E-state index in [1.807, 2.05) is 11.3 Å². The molecule has 0 unspecified atom stereocenters. The highest BCUT2D eigenvalue weighted by molar-refractivity contribution is 7.10. The molecule has 1 aliphatic heterocycles. The highest BCUT2D eigenvalue weighted by Gasteiger charge is 2.16. The van der Waals surface area contributed by atoms with Crippen molar-refractivity contribution in [2.45, 2.75) is 26.8 Å². The van der Waals surface area contributed by atoms with Gasteiger partial charge in [-0.15, -0.1) is 11.3 Å². The summed E-state index contributed by atoms with van der Waals surface area (Å²) in [5.74, 6) is 0.679. The summed E-state index contributed by atoms with van der Waals surface area (Å²) in [5.41, 5.74) is 7.47. The second-order valence-corrected chi connectivity index (χ2v) is 5.81. The topological polar surface area (TPSA) is 44.9 Å². The van der Waals surface area contributed by atoms with E-state index in [9.17, 15) is 0 Å². The smallest absolute Gasteiger partial charge is 0.191 e. The molecule has 4 nitrogen and oxygen atoms in total. The van der Waals surface area contributed by atoms with Crippen molar-refractivity contribution in [2.24, 2.45) is 10.7 Å². The number of thiophene rings is 1. The number of fused-ring (bicyclic) bond motifs is 1. The largest absolute Gasteiger partial charge is 0.370 e. The van der Waals surface area contributed by atoms with Gasteiger partial charge in [-0.05, 0) is 37.3 Å². The van der Waals surface area contributed by atoms with Gasteiger partial charge in [-0.25, -0.2) is 0 Å². The molecular weight excluding hydrogens is 256 g/mol. The van der Waals surface area contributed by atoms with Crippen LogP contribution in [0, 0.1) is 0 Å². The highest BCUT2D eigenvalue weighted by atomic mass is 32.1. The first-order chi connectivity index (χ1) is 9.24. The average Bonchev–Trinajstić information content (AvgIpc) is 2.87. The van der Waals surface area contributed by atoms with E-state index in [0.717, 1.165) is 39.3 Å². The van der Waals surface area contributed by atoms with E-state index >= 15 is 0 Å². The van der Waals surface area contributed by atoms with Gasteiger partial charge >= 0.3 is 0 Å². The second-order valence-electron chi connectivity index (χ2n) is 4.81. The normalized spacial score (nSPS) is 16.4. The molecule has 1 aromatic heterocycles. The molecule has 0 bridgehead atoms. The first kappa shape index (κ1) is 14.3. The Morgan fingerprint density at radius 1 is 1.47 bits per heavy atom. The molecule has 0 atom stereocenters. The number of nitrogens with zero attached hydrogens (tertiary/aromatic N) is 3. The maximum Gasteiger partial charge on any atom is 0.191 e. The quantitative estimate of drug-likeness (QED) is 0.660. The van der Waals surface area contributed by atoms with Gasteiger partial charge in [-0.1, -0.05) is 0 Å². The third-order valence-corrected chi connectivity index (χ3v) is 4.69. The highest BCUT2D eigenvalue weighted by Crippen LogP contribution is 2.23. The third-order valence-electron chi connectivity index (χ3n) is 3.66. The van der Waals surface area contributed by atoms with Crippen LogP contribution in [0.1, 0.15) is 24.3 Å². The summed E-state index contributed by atoms with van der Waals surface area (Å²) in [6, 6.07) is 2.25. The van der Waals surface area contributed by atoms with E-state index in [4.69, 9.17) is 5.73 Å². The predicted molar refractivity (Wildman–Crippen MR) is 82.7 cm³/mol. The number of aliphatic imine (C=N–C) groups is 1. The molecule has 2 rings (SSSR count). The van der Waals surface area contributed by atoms with E-state index in [1.165, 1.54) is 12.0 Å². The molecule has 2 heterocycles. The first-order valence-electron chi connectivity index (χ1n) is 7.07. The number of guanidine groups is 1. The van der Waals surface area contributed by atoms with Gasteiger partial charge in [0.2, 0.25) is 0 Å². The molecule has 19 heavy (non-hydrogen) atoms. The maximum atomic E-state index is 5.97. The van der Waals surface area contributed by atoms with Crippen molar-refractivity contribution in [1.82, 2.24) is 9.80 Å². The minimum Gasteiger partial charge on any atom is -0.370 e. The van der Waals surface area contributed by atoms with Crippen molar-refractivity contribution in [3.63, 3.8) is 0 Å². The Morgan fingerprint density at radius 2 is 2.26 bits per heavy atom. The molecule has 0 saturated carbocycles. The molecule has 1 aromatic rings. The van der Waals surface area contributed by atoms with Crippen LogP contribution in [0.2, 0.25) is 0 Å². The Hall–Kier alpha value is -1.07. The molecule has 0 aliphatic carbocycles. The lowest BCUT2D eigenvalue weighted by Crippen LogP contribution is -2.38. The summed E-state index contributed by atoms with van der Waals surface area (Å²) < 4.78 is 0. The minimum absolute atomic E-state index is 0.679. The molecule has 5 heteroatoms. The molecule has 0 aromatic carbocycles. The van der Waals surface area contributed by atoms with Crippen molar-refractivity contribution in [2.75, 3.05) is 32.7 Å². The van der Waals surface area contributed by atoms with Crippen LogP contribution in [0.15, 0.2) is 16.4 Å². The van der Waals surface area contributed by atoms with E-state index in [0.29, 0.717) is 5.96 Å².